The first kappa shape index (κ1) is 11.8. The number of rotatable bonds is 2. The lowest BCUT2D eigenvalue weighted by molar-refractivity contribution is -0.117. The maximum atomic E-state index is 11.6. The Morgan fingerprint density at radius 1 is 1.41 bits per heavy atom. The number of carboxylic acids is 1. The van der Waals surface area contributed by atoms with E-state index in [2.05, 4.69) is 12.6 Å². The second-order valence-corrected chi connectivity index (χ2v) is 4.64. The van der Waals surface area contributed by atoms with Crippen molar-refractivity contribution in [2.75, 3.05) is 11.4 Å². The van der Waals surface area contributed by atoms with Gasteiger partial charge >= 0.3 is 5.97 Å². The normalized spacial score (nSPS) is 19.7. The highest BCUT2D eigenvalue weighted by molar-refractivity contribution is 7.81. The van der Waals surface area contributed by atoms with Crippen LogP contribution in [0.4, 0.5) is 5.69 Å². The first-order chi connectivity index (χ1) is 7.97. The van der Waals surface area contributed by atoms with E-state index in [1.54, 1.807) is 0 Å². The van der Waals surface area contributed by atoms with E-state index in [0.717, 1.165) is 6.07 Å². The standard InChI is InChI=1S/C11H11NO4S/c13-8-2-6(11(15)16)1-7(3-8)12-5-9(17)4-10(12)14/h1-3,9,13,17H,4-5H2,(H,15,16). The number of anilines is 1. The molecule has 1 aromatic carbocycles. The van der Waals surface area contributed by atoms with Crippen LogP contribution >= 0.6 is 12.6 Å². The fourth-order valence-corrected chi connectivity index (χ4v) is 2.13. The molecule has 90 valence electrons. The number of nitrogens with zero attached hydrogens (tertiary/aromatic N) is 1. The van der Waals surface area contributed by atoms with Gasteiger partial charge in [-0.3, -0.25) is 4.79 Å². The number of benzene rings is 1. The Bertz CT molecular complexity index is 488. The number of carboxylic acid groups (broad SMARTS) is 1. The zero-order chi connectivity index (χ0) is 12.6. The molecule has 0 aliphatic carbocycles. The highest BCUT2D eigenvalue weighted by Gasteiger charge is 2.29. The number of carbonyl (C=O) groups is 2. The number of phenolic OH excluding ortho intramolecular Hbond substituents is 1. The van der Waals surface area contributed by atoms with E-state index in [1.165, 1.54) is 17.0 Å². The predicted molar refractivity (Wildman–Crippen MR) is 64.8 cm³/mol. The summed E-state index contributed by atoms with van der Waals surface area (Å²) < 4.78 is 0. The van der Waals surface area contributed by atoms with Gasteiger partial charge in [-0.1, -0.05) is 0 Å². The van der Waals surface area contributed by atoms with Crippen molar-refractivity contribution in [1.29, 1.82) is 0 Å². The van der Waals surface area contributed by atoms with Crippen LogP contribution in [0.5, 0.6) is 5.75 Å². The maximum Gasteiger partial charge on any atom is 0.335 e. The predicted octanol–water partition coefficient (Wildman–Crippen LogP) is 1.13. The molecular formula is C11H11NO4S. The fourth-order valence-electron chi connectivity index (χ4n) is 1.81. The molecular weight excluding hydrogens is 242 g/mol. The van der Waals surface area contributed by atoms with Crippen molar-refractivity contribution in [3.05, 3.63) is 23.8 Å². The first-order valence-electron chi connectivity index (χ1n) is 5.03. The molecule has 0 saturated carbocycles. The van der Waals surface area contributed by atoms with Gasteiger partial charge in [0.05, 0.1) is 5.56 Å². The van der Waals surface area contributed by atoms with E-state index < -0.39 is 5.97 Å². The molecule has 0 radical (unpaired) electrons. The van der Waals surface area contributed by atoms with Gasteiger partial charge in [0.15, 0.2) is 0 Å². The summed E-state index contributed by atoms with van der Waals surface area (Å²) in [5, 5.41) is 18.2. The average Bonchev–Trinajstić information content (AvgIpc) is 2.57. The van der Waals surface area contributed by atoms with Crippen LogP contribution in [0.25, 0.3) is 0 Å². The van der Waals surface area contributed by atoms with Gasteiger partial charge in [0.2, 0.25) is 5.91 Å². The van der Waals surface area contributed by atoms with Gasteiger partial charge < -0.3 is 15.1 Å². The summed E-state index contributed by atoms with van der Waals surface area (Å²) in [6, 6.07) is 3.88. The molecule has 1 aliphatic heterocycles. The summed E-state index contributed by atoms with van der Waals surface area (Å²) in [6.45, 7) is 0.421. The van der Waals surface area contributed by atoms with Crippen LogP contribution in [0.1, 0.15) is 16.8 Å². The van der Waals surface area contributed by atoms with Crippen molar-refractivity contribution >= 4 is 30.2 Å². The Labute approximate surface area is 103 Å². The van der Waals surface area contributed by atoms with Crippen molar-refractivity contribution < 1.29 is 19.8 Å². The number of carbonyl (C=O) groups excluding carboxylic acids is 1. The molecule has 5 nitrogen and oxygen atoms in total. The van der Waals surface area contributed by atoms with E-state index in [-0.39, 0.29) is 22.5 Å². The van der Waals surface area contributed by atoms with E-state index >= 15 is 0 Å². The van der Waals surface area contributed by atoms with E-state index in [1.807, 2.05) is 0 Å². The summed E-state index contributed by atoms with van der Waals surface area (Å²) in [7, 11) is 0. The topological polar surface area (TPSA) is 77.8 Å². The molecule has 0 bridgehead atoms. The lowest BCUT2D eigenvalue weighted by Gasteiger charge is -2.16. The third kappa shape index (κ3) is 2.36. The van der Waals surface area contributed by atoms with Crippen molar-refractivity contribution in [2.45, 2.75) is 11.7 Å². The lowest BCUT2D eigenvalue weighted by atomic mass is 10.2. The molecule has 1 aliphatic rings. The van der Waals surface area contributed by atoms with Crippen LogP contribution in [-0.4, -0.2) is 33.9 Å². The molecule has 2 N–H and O–H groups in total. The molecule has 1 amide bonds. The largest absolute Gasteiger partial charge is 0.508 e. The van der Waals surface area contributed by atoms with Gasteiger partial charge in [-0.25, -0.2) is 4.79 Å². The van der Waals surface area contributed by atoms with Crippen molar-refractivity contribution in [3.63, 3.8) is 0 Å². The minimum atomic E-state index is -1.14. The Balaban J connectivity index is 2.39. The summed E-state index contributed by atoms with van der Waals surface area (Å²) in [4.78, 5) is 23.9. The number of aromatic carboxylic acids is 1. The van der Waals surface area contributed by atoms with Crippen molar-refractivity contribution in [2.24, 2.45) is 0 Å². The van der Waals surface area contributed by atoms with Gasteiger partial charge in [0, 0.05) is 30.0 Å². The quantitative estimate of drug-likeness (QED) is 0.690. The monoisotopic (exact) mass is 253 g/mol. The number of aromatic hydroxyl groups is 1. The maximum absolute atomic E-state index is 11.6. The number of hydrogen-bond acceptors (Lipinski definition) is 4. The Kier molecular flexibility index (Phi) is 2.97. The molecule has 1 saturated heterocycles. The van der Waals surface area contributed by atoms with Gasteiger partial charge in [-0.05, 0) is 12.1 Å². The zero-order valence-corrected chi connectivity index (χ0v) is 9.72. The molecule has 6 heteroatoms. The summed E-state index contributed by atoms with van der Waals surface area (Å²) >= 11 is 4.21. The lowest BCUT2D eigenvalue weighted by Crippen LogP contribution is -2.24. The van der Waals surface area contributed by atoms with E-state index in [9.17, 15) is 14.7 Å². The zero-order valence-electron chi connectivity index (χ0n) is 8.83. The summed E-state index contributed by atoms with van der Waals surface area (Å²) in [5.74, 6) is -1.43. The van der Waals surface area contributed by atoms with Crippen LogP contribution in [0.2, 0.25) is 0 Å². The molecule has 1 atom stereocenters. The van der Waals surface area contributed by atoms with Gasteiger partial charge in [0.25, 0.3) is 0 Å². The van der Waals surface area contributed by atoms with Crippen LogP contribution in [0.15, 0.2) is 18.2 Å². The number of phenols is 1. The molecule has 1 aromatic rings. The van der Waals surface area contributed by atoms with Crippen LogP contribution < -0.4 is 4.90 Å². The molecule has 2 rings (SSSR count). The first-order valence-corrected chi connectivity index (χ1v) is 5.55. The van der Waals surface area contributed by atoms with Crippen molar-refractivity contribution in [3.8, 4) is 5.75 Å². The summed E-state index contributed by atoms with van der Waals surface area (Å²) in [5.41, 5.74) is 0.347. The van der Waals surface area contributed by atoms with E-state index in [0.29, 0.717) is 18.7 Å². The molecule has 1 heterocycles. The number of thiol groups is 1. The second kappa shape index (κ2) is 4.29. The van der Waals surface area contributed by atoms with Crippen molar-refractivity contribution in [1.82, 2.24) is 0 Å². The molecule has 1 unspecified atom stereocenters. The minimum Gasteiger partial charge on any atom is -0.508 e. The van der Waals surface area contributed by atoms with Gasteiger partial charge in [0.1, 0.15) is 5.75 Å². The van der Waals surface area contributed by atoms with Crippen LogP contribution in [0, 0.1) is 0 Å². The molecule has 0 aromatic heterocycles. The SMILES string of the molecule is O=C(O)c1cc(O)cc(N2CC(S)CC2=O)c1. The second-order valence-electron chi connectivity index (χ2n) is 3.91. The average molecular weight is 253 g/mol. The third-order valence-electron chi connectivity index (χ3n) is 2.57. The number of amides is 1. The Morgan fingerprint density at radius 3 is 2.65 bits per heavy atom. The Hall–Kier alpha value is -1.69. The highest BCUT2D eigenvalue weighted by atomic mass is 32.1. The van der Waals surface area contributed by atoms with Crippen LogP contribution in [-0.2, 0) is 4.79 Å². The van der Waals surface area contributed by atoms with Gasteiger partial charge in [-0.15, -0.1) is 0 Å². The van der Waals surface area contributed by atoms with Crippen LogP contribution in [0.3, 0.4) is 0 Å². The van der Waals surface area contributed by atoms with Gasteiger partial charge in [-0.2, -0.15) is 12.6 Å². The molecule has 1 fully saturated rings. The third-order valence-corrected chi connectivity index (χ3v) is 2.91. The summed E-state index contributed by atoms with van der Waals surface area (Å²) in [6.07, 6.45) is 0.321. The highest BCUT2D eigenvalue weighted by Crippen LogP contribution is 2.28. The fraction of sp³-hybridized carbons (Fsp3) is 0.273. The van der Waals surface area contributed by atoms with E-state index in [4.69, 9.17) is 5.11 Å². The smallest absolute Gasteiger partial charge is 0.335 e. The number of hydrogen-bond donors (Lipinski definition) is 3. The minimum absolute atomic E-state index is 0.0459. The molecule has 0 spiro atoms. The molecule has 17 heavy (non-hydrogen) atoms. The Morgan fingerprint density at radius 2 is 2.12 bits per heavy atom.